The first-order chi connectivity index (χ1) is 18.3. The van der Waals surface area contributed by atoms with Gasteiger partial charge in [-0.15, -0.1) is 0 Å². The molecule has 0 fully saturated rings. The third kappa shape index (κ3) is 7.28. The second kappa shape index (κ2) is 12.2. The number of hydrogen-bond donors (Lipinski definition) is 4. The Kier molecular flexibility index (Phi) is 8.52. The second-order valence-electron chi connectivity index (χ2n) is 8.58. The van der Waals surface area contributed by atoms with Crippen molar-refractivity contribution < 1.29 is 23.1 Å². The molecule has 0 unspecified atom stereocenters. The molecule has 4 N–H and O–H groups in total. The lowest BCUT2D eigenvalue weighted by molar-refractivity contribution is -0.137. The minimum atomic E-state index is -4.04. The molecule has 0 spiro atoms. The molecular weight excluding hydrogens is 502 g/mol. The summed E-state index contributed by atoms with van der Waals surface area (Å²) >= 11 is 0. The third-order valence-electron chi connectivity index (χ3n) is 5.77. The first-order valence-electron chi connectivity index (χ1n) is 11.9. The van der Waals surface area contributed by atoms with Gasteiger partial charge in [0.2, 0.25) is 10.0 Å². The van der Waals surface area contributed by atoms with Crippen molar-refractivity contribution in [1.29, 1.82) is 0 Å². The molecule has 4 aromatic rings. The maximum Gasteiger partial charge on any atom is 0.319 e. The molecule has 0 saturated carbocycles. The van der Waals surface area contributed by atoms with Crippen LogP contribution in [0.25, 0.3) is 11.1 Å². The van der Waals surface area contributed by atoms with Crippen LogP contribution in [0, 0.1) is 0 Å². The van der Waals surface area contributed by atoms with Gasteiger partial charge in [-0.05, 0) is 46.5 Å². The number of carbonyl (C=O) groups excluding carboxylic acids is 1. The first kappa shape index (κ1) is 26.6. The van der Waals surface area contributed by atoms with Gasteiger partial charge < -0.3 is 15.7 Å². The van der Waals surface area contributed by atoms with Gasteiger partial charge >= 0.3 is 12.0 Å². The lowest BCUT2D eigenvalue weighted by atomic mass is 10.1. The summed E-state index contributed by atoms with van der Waals surface area (Å²) in [6.45, 7) is 0.380. The van der Waals surface area contributed by atoms with Crippen molar-refractivity contribution in [2.24, 2.45) is 0 Å². The number of rotatable bonds is 10. The number of amides is 2. The van der Waals surface area contributed by atoms with Crippen LogP contribution in [0.4, 0.5) is 10.5 Å². The predicted octanol–water partition coefficient (Wildman–Crippen LogP) is 5.17. The molecule has 0 saturated heterocycles. The Hall–Kier alpha value is -4.47. The van der Waals surface area contributed by atoms with Crippen molar-refractivity contribution in [2.75, 3.05) is 5.32 Å². The van der Waals surface area contributed by atoms with E-state index in [1.165, 1.54) is 12.1 Å². The Morgan fingerprint density at radius 2 is 1.39 bits per heavy atom. The van der Waals surface area contributed by atoms with E-state index in [9.17, 15) is 23.1 Å². The van der Waals surface area contributed by atoms with E-state index >= 15 is 0 Å². The highest BCUT2D eigenvalue weighted by molar-refractivity contribution is 7.89. The van der Waals surface area contributed by atoms with Crippen LogP contribution < -0.4 is 15.4 Å². The van der Waals surface area contributed by atoms with E-state index < -0.39 is 28.5 Å². The molecule has 0 aliphatic rings. The number of carboxylic acids is 1. The maximum atomic E-state index is 13.2. The fraction of sp³-hybridized carbons (Fsp3) is 0.103. The van der Waals surface area contributed by atoms with Gasteiger partial charge in [0.05, 0.1) is 17.4 Å². The van der Waals surface area contributed by atoms with Gasteiger partial charge in [0, 0.05) is 12.2 Å². The van der Waals surface area contributed by atoms with E-state index in [4.69, 9.17) is 0 Å². The number of benzene rings is 4. The van der Waals surface area contributed by atoms with Crippen LogP contribution in [0.2, 0.25) is 0 Å². The van der Waals surface area contributed by atoms with Crippen LogP contribution in [-0.2, 0) is 21.4 Å². The average Bonchev–Trinajstić information content (AvgIpc) is 2.92. The highest BCUT2D eigenvalue weighted by atomic mass is 32.2. The van der Waals surface area contributed by atoms with E-state index in [0.29, 0.717) is 28.9 Å². The van der Waals surface area contributed by atoms with Crippen LogP contribution in [-0.4, -0.2) is 25.5 Å². The van der Waals surface area contributed by atoms with Crippen molar-refractivity contribution in [3.8, 4) is 11.1 Å². The number of carboxylic acid groups (broad SMARTS) is 1. The number of hydrogen-bond acceptors (Lipinski definition) is 4. The average molecular weight is 530 g/mol. The molecule has 4 aromatic carbocycles. The van der Waals surface area contributed by atoms with Gasteiger partial charge in [0.1, 0.15) is 0 Å². The van der Waals surface area contributed by atoms with E-state index in [1.807, 2.05) is 36.4 Å². The summed E-state index contributed by atoms with van der Waals surface area (Å²) in [4.78, 5) is 23.8. The summed E-state index contributed by atoms with van der Waals surface area (Å²) in [7, 11) is -4.04. The molecule has 8 nitrogen and oxygen atoms in total. The second-order valence-corrected chi connectivity index (χ2v) is 10.3. The largest absolute Gasteiger partial charge is 0.481 e. The molecule has 4 rings (SSSR count). The Labute approximate surface area is 221 Å². The van der Waals surface area contributed by atoms with Crippen molar-refractivity contribution in [2.45, 2.75) is 23.9 Å². The van der Waals surface area contributed by atoms with Crippen molar-refractivity contribution in [3.05, 3.63) is 120 Å². The van der Waals surface area contributed by atoms with Crippen LogP contribution >= 0.6 is 0 Å². The Morgan fingerprint density at radius 3 is 2.08 bits per heavy atom. The van der Waals surface area contributed by atoms with E-state index in [-0.39, 0.29) is 10.9 Å². The number of carbonyl (C=O) groups is 2. The van der Waals surface area contributed by atoms with E-state index in [2.05, 4.69) is 15.4 Å². The van der Waals surface area contributed by atoms with Crippen LogP contribution in [0.1, 0.15) is 23.6 Å². The summed E-state index contributed by atoms with van der Waals surface area (Å²) < 4.78 is 29.0. The standard InChI is InChI=1S/C29H27N3O5S/c33-28(34)19-27(22-11-5-2-6-12-22)32-38(36,37)26-16-8-14-24(18-26)23-13-7-15-25(17-23)31-29(35)30-20-21-9-3-1-4-10-21/h1-18,27,32H,19-20H2,(H,33,34)(H2,30,31,35)/t27-/m0/s1. The van der Waals surface area contributed by atoms with Crippen LogP contribution in [0.5, 0.6) is 0 Å². The van der Waals surface area contributed by atoms with Crippen molar-refractivity contribution >= 4 is 27.7 Å². The van der Waals surface area contributed by atoms with Gasteiger partial charge in [-0.25, -0.2) is 17.9 Å². The zero-order valence-corrected chi connectivity index (χ0v) is 21.2. The normalized spacial score (nSPS) is 11.9. The van der Waals surface area contributed by atoms with E-state index in [1.54, 1.807) is 60.7 Å². The first-order valence-corrected chi connectivity index (χ1v) is 13.4. The van der Waals surface area contributed by atoms with Gasteiger partial charge in [-0.3, -0.25) is 4.79 Å². The highest BCUT2D eigenvalue weighted by Crippen LogP contribution is 2.26. The minimum Gasteiger partial charge on any atom is -0.481 e. The van der Waals surface area contributed by atoms with Gasteiger partial charge in [0.15, 0.2) is 0 Å². The summed E-state index contributed by atoms with van der Waals surface area (Å²) in [6.07, 6.45) is -0.400. The summed E-state index contributed by atoms with van der Waals surface area (Å²) in [6, 6.07) is 30.2. The highest BCUT2D eigenvalue weighted by Gasteiger charge is 2.24. The molecule has 0 bridgehead atoms. The number of aliphatic carboxylic acids is 1. The lowest BCUT2D eigenvalue weighted by Gasteiger charge is -2.18. The van der Waals surface area contributed by atoms with E-state index in [0.717, 1.165) is 5.56 Å². The molecular formula is C29H27N3O5S. The molecule has 0 heterocycles. The molecule has 0 radical (unpaired) electrons. The third-order valence-corrected chi connectivity index (χ3v) is 7.24. The molecule has 9 heteroatoms. The SMILES string of the molecule is O=C(O)C[C@H](NS(=O)(=O)c1cccc(-c2cccc(NC(=O)NCc3ccccc3)c2)c1)c1ccccc1. The molecule has 0 aliphatic carbocycles. The summed E-state index contributed by atoms with van der Waals surface area (Å²) in [5, 5.41) is 14.9. The summed E-state index contributed by atoms with van der Waals surface area (Å²) in [5.41, 5.74) is 3.40. The fourth-order valence-corrected chi connectivity index (χ4v) is 5.19. The molecule has 0 aromatic heterocycles. The summed E-state index contributed by atoms with van der Waals surface area (Å²) in [5.74, 6) is -1.12. The number of nitrogens with one attached hydrogen (secondary N) is 3. The Morgan fingerprint density at radius 1 is 0.763 bits per heavy atom. The lowest BCUT2D eigenvalue weighted by Crippen LogP contribution is -2.30. The Balaban J connectivity index is 1.49. The van der Waals surface area contributed by atoms with Gasteiger partial charge in [-0.2, -0.15) is 0 Å². The fourth-order valence-electron chi connectivity index (χ4n) is 3.92. The zero-order valence-electron chi connectivity index (χ0n) is 20.4. The van der Waals surface area contributed by atoms with Crippen molar-refractivity contribution in [1.82, 2.24) is 10.0 Å². The quantitative estimate of drug-likeness (QED) is 0.226. The number of sulfonamides is 1. The van der Waals surface area contributed by atoms with Crippen LogP contribution in [0.3, 0.4) is 0 Å². The maximum absolute atomic E-state index is 13.2. The van der Waals surface area contributed by atoms with Gasteiger partial charge in [0.25, 0.3) is 0 Å². The van der Waals surface area contributed by atoms with Crippen molar-refractivity contribution in [3.63, 3.8) is 0 Å². The monoisotopic (exact) mass is 529 g/mol. The zero-order chi connectivity index (χ0) is 27.0. The van der Waals surface area contributed by atoms with Crippen LogP contribution in [0.15, 0.2) is 114 Å². The topological polar surface area (TPSA) is 125 Å². The predicted molar refractivity (Wildman–Crippen MR) is 146 cm³/mol. The number of urea groups is 1. The van der Waals surface area contributed by atoms with Gasteiger partial charge in [-0.1, -0.05) is 84.9 Å². The molecule has 2 amide bonds. The Bertz CT molecular complexity index is 1510. The number of anilines is 1. The molecule has 1 atom stereocenters. The smallest absolute Gasteiger partial charge is 0.319 e. The minimum absolute atomic E-state index is 0.000265. The molecule has 194 valence electrons. The molecule has 0 aliphatic heterocycles. The molecule has 38 heavy (non-hydrogen) atoms.